The summed E-state index contributed by atoms with van der Waals surface area (Å²) >= 11 is 0. The number of amides is 1. The van der Waals surface area contributed by atoms with Crippen LogP contribution in [0.4, 0.5) is 4.39 Å². The Kier molecular flexibility index (Phi) is 6.29. The van der Waals surface area contributed by atoms with Gasteiger partial charge in [0.15, 0.2) is 0 Å². The first-order valence-corrected chi connectivity index (χ1v) is 6.33. The molecule has 0 aliphatic rings. The van der Waals surface area contributed by atoms with Gasteiger partial charge in [-0.25, -0.2) is 4.39 Å². The first-order valence-electron chi connectivity index (χ1n) is 6.33. The van der Waals surface area contributed by atoms with E-state index < -0.39 is 0 Å². The zero-order valence-electron chi connectivity index (χ0n) is 11.6. The van der Waals surface area contributed by atoms with Crippen LogP contribution in [0.25, 0.3) is 0 Å². The van der Waals surface area contributed by atoms with E-state index in [1.54, 1.807) is 12.1 Å². The number of likely N-dealkylation sites (N-methyl/N-ethyl adjacent to an activating group) is 1. The molecule has 0 bridgehead atoms. The molecule has 1 amide bonds. The molecule has 0 aliphatic heterocycles. The topological polar surface area (TPSA) is 41.6 Å². The molecule has 4 nitrogen and oxygen atoms in total. The third kappa shape index (κ3) is 6.76. The lowest BCUT2D eigenvalue weighted by atomic mass is 10.3. The highest BCUT2D eigenvalue weighted by atomic mass is 19.1. The average Bonchev–Trinajstić information content (AvgIpc) is 2.30. The Morgan fingerprint density at radius 2 is 2.00 bits per heavy atom. The van der Waals surface area contributed by atoms with Crippen LogP contribution < -0.4 is 10.1 Å². The van der Waals surface area contributed by atoms with Gasteiger partial charge in [-0.1, -0.05) is 0 Å². The summed E-state index contributed by atoms with van der Waals surface area (Å²) < 4.78 is 18.1. The molecule has 0 saturated heterocycles. The van der Waals surface area contributed by atoms with Crippen molar-refractivity contribution in [1.82, 2.24) is 10.2 Å². The largest absolute Gasteiger partial charge is 0.492 e. The fraction of sp³-hybridized carbons (Fsp3) is 0.500. The molecule has 0 saturated carbocycles. The van der Waals surface area contributed by atoms with Crippen LogP contribution in [0.5, 0.6) is 5.75 Å². The highest BCUT2D eigenvalue weighted by Gasteiger charge is 2.07. The molecule has 1 aromatic rings. The third-order valence-electron chi connectivity index (χ3n) is 2.42. The first-order chi connectivity index (χ1) is 8.97. The number of ether oxygens (including phenoxy) is 1. The van der Waals surface area contributed by atoms with Gasteiger partial charge in [-0.3, -0.25) is 9.69 Å². The van der Waals surface area contributed by atoms with E-state index in [1.165, 1.54) is 12.1 Å². The minimum Gasteiger partial charge on any atom is -0.492 e. The molecule has 1 rings (SSSR count). The van der Waals surface area contributed by atoms with Crippen molar-refractivity contribution in [3.05, 3.63) is 30.1 Å². The van der Waals surface area contributed by atoms with E-state index >= 15 is 0 Å². The SMILES string of the molecule is CC(C)NC(=O)CN(C)CCOc1ccc(F)cc1. The predicted molar refractivity (Wildman–Crippen MR) is 72.7 cm³/mol. The number of nitrogens with zero attached hydrogens (tertiary/aromatic N) is 1. The quantitative estimate of drug-likeness (QED) is 0.817. The summed E-state index contributed by atoms with van der Waals surface area (Å²) in [5, 5.41) is 2.82. The van der Waals surface area contributed by atoms with E-state index in [4.69, 9.17) is 4.74 Å². The second-order valence-electron chi connectivity index (χ2n) is 4.76. The molecular formula is C14H21FN2O2. The number of halogens is 1. The van der Waals surface area contributed by atoms with Gasteiger partial charge in [0.05, 0.1) is 6.54 Å². The van der Waals surface area contributed by atoms with Crippen molar-refractivity contribution in [2.75, 3.05) is 26.7 Å². The molecular weight excluding hydrogens is 247 g/mol. The van der Waals surface area contributed by atoms with Gasteiger partial charge in [0.2, 0.25) is 5.91 Å². The molecule has 0 fully saturated rings. The maximum Gasteiger partial charge on any atom is 0.234 e. The van der Waals surface area contributed by atoms with E-state index in [2.05, 4.69) is 5.32 Å². The van der Waals surface area contributed by atoms with Crippen molar-refractivity contribution in [3.63, 3.8) is 0 Å². The van der Waals surface area contributed by atoms with Gasteiger partial charge >= 0.3 is 0 Å². The molecule has 0 heterocycles. The summed E-state index contributed by atoms with van der Waals surface area (Å²) in [6.07, 6.45) is 0. The second kappa shape index (κ2) is 7.74. The van der Waals surface area contributed by atoms with E-state index in [1.807, 2.05) is 25.8 Å². The van der Waals surface area contributed by atoms with Crippen molar-refractivity contribution in [2.24, 2.45) is 0 Å². The smallest absolute Gasteiger partial charge is 0.234 e. The van der Waals surface area contributed by atoms with Crippen molar-refractivity contribution in [1.29, 1.82) is 0 Å². The predicted octanol–water partition coefficient (Wildman–Crippen LogP) is 1.66. The van der Waals surface area contributed by atoms with Crippen LogP contribution in [0.2, 0.25) is 0 Å². The highest BCUT2D eigenvalue weighted by Crippen LogP contribution is 2.10. The van der Waals surface area contributed by atoms with Crippen LogP contribution in [0.15, 0.2) is 24.3 Å². The summed E-state index contributed by atoms with van der Waals surface area (Å²) in [4.78, 5) is 13.4. The van der Waals surface area contributed by atoms with Gasteiger partial charge in [0.25, 0.3) is 0 Å². The molecule has 5 heteroatoms. The first kappa shape index (κ1) is 15.4. The average molecular weight is 268 g/mol. The van der Waals surface area contributed by atoms with Crippen LogP contribution in [-0.2, 0) is 4.79 Å². The molecule has 0 spiro atoms. The normalized spacial score (nSPS) is 10.8. The Hall–Kier alpha value is -1.62. The van der Waals surface area contributed by atoms with E-state index in [-0.39, 0.29) is 17.8 Å². The summed E-state index contributed by atoms with van der Waals surface area (Å²) in [5.41, 5.74) is 0. The maximum atomic E-state index is 12.7. The summed E-state index contributed by atoms with van der Waals surface area (Å²) in [6.45, 7) is 5.27. The number of benzene rings is 1. The molecule has 106 valence electrons. The summed E-state index contributed by atoms with van der Waals surface area (Å²) in [5.74, 6) is 0.343. The Bertz CT molecular complexity index is 393. The number of hydrogen-bond donors (Lipinski definition) is 1. The van der Waals surface area contributed by atoms with Crippen molar-refractivity contribution < 1.29 is 13.9 Å². The Morgan fingerprint density at radius 3 is 2.58 bits per heavy atom. The van der Waals surface area contributed by atoms with E-state index in [0.717, 1.165) is 0 Å². The van der Waals surface area contributed by atoms with Crippen molar-refractivity contribution in [3.8, 4) is 5.75 Å². The monoisotopic (exact) mass is 268 g/mol. The minimum atomic E-state index is -0.283. The fourth-order valence-corrected chi connectivity index (χ4v) is 1.54. The molecule has 1 N–H and O–H groups in total. The number of hydrogen-bond acceptors (Lipinski definition) is 3. The zero-order valence-corrected chi connectivity index (χ0v) is 11.6. The lowest BCUT2D eigenvalue weighted by Gasteiger charge is -2.17. The standard InChI is InChI=1S/C14H21FN2O2/c1-11(2)16-14(18)10-17(3)8-9-19-13-6-4-12(15)5-7-13/h4-7,11H,8-10H2,1-3H3,(H,16,18). The molecule has 0 unspecified atom stereocenters. The van der Waals surface area contributed by atoms with Crippen LogP contribution in [-0.4, -0.2) is 43.6 Å². The molecule has 0 radical (unpaired) electrons. The molecule has 19 heavy (non-hydrogen) atoms. The van der Waals surface area contributed by atoms with Crippen LogP contribution in [0, 0.1) is 5.82 Å². The van der Waals surface area contributed by atoms with Crippen LogP contribution >= 0.6 is 0 Å². The molecule has 0 aliphatic carbocycles. The van der Waals surface area contributed by atoms with Gasteiger partial charge < -0.3 is 10.1 Å². The van der Waals surface area contributed by atoms with Crippen molar-refractivity contribution in [2.45, 2.75) is 19.9 Å². The van der Waals surface area contributed by atoms with Gasteiger partial charge in [0, 0.05) is 12.6 Å². The van der Waals surface area contributed by atoms with Gasteiger partial charge in [-0.05, 0) is 45.2 Å². The molecule has 0 atom stereocenters. The van der Waals surface area contributed by atoms with Gasteiger partial charge in [-0.15, -0.1) is 0 Å². The van der Waals surface area contributed by atoms with Crippen LogP contribution in [0.1, 0.15) is 13.8 Å². The number of carbonyl (C=O) groups is 1. The Balaban J connectivity index is 2.21. The van der Waals surface area contributed by atoms with E-state index in [0.29, 0.717) is 25.4 Å². The number of rotatable bonds is 7. The zero-order chi connectivity index (χ0) is 14.3. The maximum absolute atomic E-state index is 12.7. The van der Waals surface area contributed by atoms with Gasteiger partial charge in [0.1, 0.15) is 18.2 Å². The molecule has 0 aromatic heterocycles. The fourth-order valence-electron chi connectivity index (χ4n) is 1.54. The van der Waals surface area contributed by atoms with Crippen LogP contribution in [0.3, 0.4) is 0 Å². The van der Waals surface area contributed by atoms with Crippen molar-refractivity contribution >= 4 is 5.91 Å². The summed E-state index contributed by atoms with van der Waals surface area (Å²) in [6, 6.07) is 6.03. The minimum absolute atomic E-state index is 0.000665. The Labute approximate surface area is 113 Å². The third-order valence-corrected chi connectivity index (χ3v) is 2.42. The van der Waals surface area contributed by atoms with Gasteiger partial charge in [-0.2, -0.15) is 0 Å². The number of carbonyl (C=O) groups excluding carboxylic acids is 1. The summed E-state index contributed by atoms with van der Waals surface area (Å²) in [7, 11) is 1.86. The molecule has 1 aromatic carbocycles. The lowest BCUT2D eigenvalue weighted by molar-refractivity contribution is -0.122. The number of nitrogens with one attached hydrogen (secondary N) is 1. The van der Waals surface area contributed by atoms with E-state index in [9.17, 15) is 9.18 Å². The lowest BCUT2D eigenvalue weighted by Crippen LogP contribution is -2.39. The second-order valence-corrected chi connectivity index (χ2v) is 4.76. The Morgan fingerprint density at radius 1 is 1.37 bits per heavy atom. The highest BCUT2D eigenvalue weighted by molar-refractivity contribution is 5.78.